The number of para-hydroxylation sites is 2. The van der Waals surface area contributed by atoms with Crippen molar-refractivity contribution in [2.75, 3.05) is 13.2 Å². The lowest BCUT2D eigenvalue weighted by atomic mass is 10.2. The van der Waals surface area contributed by atoms with E-state index < -0.39 is 0 Å². The highest BCUT2D eigenvalue weighted by atomic mass is 19.1. The van der Waals surface area contributed by atoms with Crippen molar-refractivity contribution < 1.29 is 18.3 Å². The molecule has 3 aromatic rings. The quantitative estimate of drug-likeness (QED) is 0.637. The van der Waals surface area contributed by atoms with Gasteiger partial charge in [0.25, 0.3) is 0 Å². The molecule has 0 aliphatic heterocycles. The van der Waals surface area contributed by atoms with Gasteiger partial charge in [-0.1, -0.05) is 12.1 Å². The Kier molecular flexibility index (Phi) is 5.61. The maximum atomic E-state index is 12.8. The molecule has 5 nitrogen and oxygen atoms in total. The van der Waals surface area contributed by atoms with Gasteiger partial charge in [-0.05, 0) is 42.8 Å². The number of carbonyl (C=O) groups is 1. The van der Waals surface area contributed by atoms with E-state index >= 15 is 0 Å². The normalized spacial score (nSPS) is 10.8. The number of oxazole rings is 1. The van der Waals surface area contributed by atoms with Gasteiger partial charge in [0.1, 0.15) is 23.7 Å². The minimum Gasteiger partial charge on any atom is -0.492 e. The second-order valence-corrected chi connectivity index (χ2v) is 5.58. The maximum absolute atomic E-state index is 12.8. The van der Waals surface area contributed by atoms with Crippen LogP contribution in [0.3, 0.4) is 0 Å². The molecule has 1 aromatic heterocycles. The van der Waals surface area contributed by atoms with Crippen molar-refractivity contribution in [3.05, 3.63) is 60.2 Å². The number of nitrogens with zero attached hydrogens (tertiary/aromatic N) is 1. The van der Waals surface area contributed by atoms with Crippen molar-refractivity contribution in [3.8, 4) is 5.75 Å². The Bertz CT molecular complexity index is 797. The molecule has 0 aliphatic carbocycles. The predicted molar refractivity (Wildman–Crippen MR) is 91.9 cm³/mol. The lowest BCUT2D eigenvalue weighted by molar-refractivity contribution is -0.121. The van der Waals surface area contributed by atoms with Gasteiger partial charge < -0.3 is 14.5 Å². The molecule has 0 atom stereocenters. The number of ether oxygens (including phenoxy) is 1. The van der Waals surface area contributed by atoms with Crippen molar-refractivity contribution in [1.29, 1.82) is 0 Å². The summed E-state index contributed by atoms with van der Waals surface area (Å²) in [5.41, 5.74) is 1.60. The van der Waals surface area contributed by atoms with E-state index in [9.17, 15) is 9.18 Å². The number of hydrogen-bond donors (Lipinski definition) is 1. The van der Waals surface area contributed by atoms with E-state index in [1.165, 1.54) is 12.1 Å². The molecule has 1 N–H and O–H groups in total. The van der Waals surface area contributed by atoms with Crippen molar-refractivity contribution in [3.63, 3.8) is 0 Å². The summed E-state index contributed by atoms with van der Waals surface area (Å²) in [6.07, 6.45) is 1.68. The Hall–Kier alpha value is -2.89. The Morgan fingerprint density at radius 1 is 1.16 bits per heavy atom. The fraction of sp³-hybridized carbons (Fsp3) is 0.263. The number of benzene rings is 2. The van der Waals surface area contributed by atoms with Gasteiger partial charge in [-0.2, -0.15) is 0 Å². The molecule has 6 heteroatoms. The SMILES string of the molecule is O=C(CCCc1nc2ccccc2o1)NCCOc1ccc(F)cc1. The molecule has 25 heavy (non-hydrogen) atoms. The van der Waals surface area contributed by atoms with Crippen LogP contribution in [0.2, 0.25) is 0 Å². The zero-order chi connectivity index (χ0) is 17.5. The molecule has 130 valence electrons. The van der Waals surface area contributed by atoms with Crippen LogP contribution < -0.4 is 10.1 Å². The molecule has 0 aliphatic rings. The molecule has 0 bridgehead atoms. The van der Waals surface area contributed by atoms with E-state index in [-0.39, 0.29) is 11.7 Å². The van der Waals surface area contributed by atoms with Gasteiger partial charge in [-0.15, -0.1) is 0 Å². The minimum atomic E-state index is -0.306. The average molecular weight is 342 g/mol. The van der Waals surface area contributed by atoms with Gasteiger partial charge in [0.05, 0.1) is 6.54 Å². The van der Waals surface area contributed by atoms with Crippen LogP contribution in [0.25, 0.3) is 11.1 Å². The molecule has 0 saturated heterocycles. The van der Waals surface area contributed by atoms with E-state index in [4.69, 9.17) is 9.15 Å². The second-order valence-electron chi connectivity index (χ2n) is 5.58. The van der Waals surface area contributed by atoms with Crippen LogP contribution in [0, 0.1) is 5.82 Å². The number of carbonyl (C=O) groups excluding carboxylic acids is 1. The number of fused-ring (bicyclic) bond motifs is 1. The number of aromatic nitrogens is 1. The van der Waals surface area contributed by atoms with Gasteiger partial charge in [0.15, 0.2) is 11.5 Å². The van der Waals surface area contributed by atoms with Gasteiger partial charge in [0.2, 0.25) is 5.91 Å². The summed E-state index contributed by atoms with van der Waals surface area (Å²) in [5, 5.41) is 2.79. The first-order chi connectivity index (χ1) is 12.2. The Morgan fingerprint density at radius 3 is 2.76 bits per heavy atom. The molecular weight excluding hydrogens is 323 g/mol. The lowest BCUT2D eigenvalue weighted by Crippen LogP contribution is -2.27. The first-order valence-corrected chi connectivity index (χ1v) is 8.20. The number of rotatable bonds is 8. The molecule has 0 spiro atoms. The van der Waals surface area contributed by atoms with Crippen LogP contribution in [-0.2, 0) is 11.2 Å². The standard InChI is InChI=1S/C19H19FN2O3/c20-14-8-10-15(11-9-14)24-13-12-21-18(23)6-3-7-19-22-16-4-1-2-5-17(16)25-19/h1-2,4-5,8-11H,3,6-7,12-13H2,(H,21,23). The van der Waals surface area contributed by atoms with Crippen LogP contribution in [0.15, 0.2) is 52.9 Å². The van der Waals surface area contributed by atoms with E-state index in [1.807, 2.05) is 24.3 Å². The fourth-order valence-electron chi connectivity index (χ4n) is 2.41. The number of aryl methyl sites for hydroxylation is 1. The van der Waals surface area contributed by atoms with E-state index in [0.29, 0.717) is 44.1 Å². The van der Waals surface area contributed by atoms with Crippen molar-refractivity contribution >= 4 is 17.0 Å². The number of hydrogen-bond acceptors (Lipinski definition) is 4. The Labute approximate surface area is 144 Å². The van der Waals surface area contributed by atoms with Crippen LogP contribution in [0.1, 0.15) is 18.7 Å². The number of amides is 1. The van der Waals surface area contributed by atoms with E-state index in [0.717, 1.165) is 11.1 Å². The zero-order valence-electron chi connectivity index (χ0n) is 13.7. The van der Waals surface area contributed by atoms with Crippen molar-refractivity contribution in [1.82, 2.24) is 10.3 Å². The first-order valence-electron chi connectivity index (χ1n) is 8.20. The topological polar surface area (TPSA) is 64.4 Å². The molecule has 1 heterocycles. The predicted octanol–water partition coefficient (Wildman–Crippen LogP) is 3.48. The lowest BCUT2D eigenvalue weighted by Gasteiger charge is -2.07. The maximum Gasteiger partial charge on any atom is 0.220 e. The van der Waals surface area contributed by atoms with Crippen LogP contribution in [0.5, 0.6) is 5.75 Å². The highest BCUT2D eigenvalue weighted by Crippen LogP contribution is 2.16. The summed E-state index contributed by atoms with van der Waals surface area (Å²) in [5.74, 6) is 0.874. The molecular formula is C19H19FN2O3. The molecule has 3 rings (SSSR count). The highest BCUT2D eigenvalue weighted by Gasteiger charge is 2.07. The largest absolute Gasteiger partial charge is 0.492 e. The first kappa shape index (κ1) is 17.0. The summed E-state index contributed by atoms with van der Waals surface area (Å²) in [6.45, 7) is 0.738. The highest BCUT2D eigenvalue weighted by molar-refractivity contribution is 5.75. The van der Waals surface area contributed by atoms with Gasteiger partial charge in [-0.3, -0.25) is 4.79 Å². The number of nitrogens with one attached hydrogen (secondary N) is 1. The van der Waals surface area contributed by atoms with E-state index in [2.05, 4.69) is 10.3 Å². The summed E-state index contributed by atoms with van der Waals surface area (Å²) in [4.78, 5) is 16.2. The van der Waals surface area contributed by atoms with Crippen molar-refractivity contribution in [2.24, 2.45) is 0 Å². The molecule has 1 amide bonds. The summed E-state index contributed by atoms with van der Waals surface area (Å²) in [7, 11) is 0. The summed E-state index contributed by atoms with van der Waals surface area (Å²) < 4.78 is 23.8. The third kappa shape index (κ3) is 5.04. The zero-order valence-corrected chi connectivity index (χ0v) is 13.7. The fourth-order valence-corrected chi connectivity index (χ4v) is 2.41. The van der Waals surface area contributed by atoms with Crippen LogP contribution in [-0.4, -0.2) is 24.0 Å². The van der Waals surface area contributed by atoms with E-state index in [1.54, 1.807) is 12.1 Å². The summed E-state index contributed by atoms with van der Waals surface area (Å²) >= 11 is 0. The molecule has 0 saturated carbocycles. The molecule has 0 fully saturated rings. The second kappa shape index (κ2) is 8.28. The van der Waals surface area contributed by atoms with Gasteiger partial charge >= 0.3 is 0 Å². The minimum absolute atomic E-state index is 0.0428. The van der Waals surface area contributed by atoms with Crippen LogP contribution >= 0.6 is 0 Å². The Balaban J connectivity index is 1.32. The monoisotopic (exact) mass is 342 g/mol. The molecule has 0 unspecified atom stereocenters. The molecule has 0 radical (unpaired) electrons. The van der Waals surface area contributed by atoms with Crippen LogP contribution in [0.4, 0.5) is 4.39 Å². The smallest absolute Gasteiger partial charge is 0.220 e. The summed E-state index contributed by atoms with van der Waals surface area (Å²) in [6, 6.07) is 13.4. The average Bonchev–Trinajstić information content (AvgIpc) is 3.03. The van der Waals surface area contributed by atoms with Crippen molar-refractivity contribution in [2.45, 2.75) is 19.3 Å². The Morgan fingerprint density at radius 2 is 1.96 bits per heavy atom. The van der Waals surface area contributed by atoms with Gasteiger partial charge in [-0.25, -0.2) is 9.37 Å². The molecule has 2 aromatic carbocycles. The third-order valence-corrected chi connectivity index (χ3v) is 3.64. The number of halogens is 1. The third-order valence-electron chi connectivity index (χ3n) is 3.64. The van der Waals surface area contributed by atoms with Gasteiger partial charge in [0, 0.05) is 12.8 Å².